The molecule has 1 aliphatic heterocycles. The van der Waals surface area contributed by atoms with Crippen LogP contribution in [0.1, 0.15) is 18.4 Å². The van der Waals surface area contributed by atoms with Gasteiger partial charge in [0, 0.05) is 19.7 Å². The molecule has 2 heterocycles. The third-order valence-corrected chi connectivity index (χ3v) is 5.47. The van der Waals surface area contributed by atoms with E-state index in [1.54, 1.807) is 12.1 Å². The van der Waals surface area contributed by atoms with E-state index in [9.17, 15) is 9.59 Å². The molecule has 0 bridgehead atoms. The van der Waals surface area contributed by atoms with Gasteiger partial charge in [-0.3, -0.25) is 14.2 Å². The molecule has 0 atom stereocenters. The molecule has 0 unspecified atom stereocenters. The second-order valence-corrected chi connectivity index (χ2v) is 7.52. The molecule has 0 aliphatic carbocycles. The highest BCUT2D eigenvalue weighted by Gasteiger charge is 2.23. The van der Waals surface area contributed by atoms with Crippen LogP contribution in [0.5, 0.6) is 0 Å². The fourth-order valence-corrected chi connectivity index (χ4v) is 3.73. The molecule has 6 nitrogen and oxygen atoms in total. The van der Waals surface area contributed by atoms with Gasteiger partial charge >= 0.3 is 0 Å². The van der Waals surface area contributed by atoms with Gasteiger partial charge in [0.05, 0.1) is 23.8 Å². The largest absolute Gasteiger partial charge is 0.376 e. The van der Waals surface area contributed by atoms with E-state index < -0.39 is 0 Å². The van der Waals surface area contributed by atoms with Crippen LogP contribution in [-0.2, 0) is 22.7 Å². The third-order valence-electron chi connectivity index (χ3n) is 5.47. The zero-order valence-corrected chi connectivity index (χ0v) is 16.4. The Morgan fingerprint density at radius 2 is 1.76 bits per heavy atom. The lowest BCUT2D eigenvalue weighted by molar-refractivity contribution is -0.133. The van der Waals surface area contributed by atoms with Crippen molar-refractivity contribution >= 4 is 16.8 Å². The van der Waals surface area contributed by atoms with Crippen molar-refractivity contribution in [1.29, 1.82) is 0 Å². The van der Waals surface area contributed by atoms with Crippen molar-refractivity contribution in [3.05, 3.63) is 76.8 Å². The van der Waals surface area contributed by atoms with E-state index in [1.807, 2.05) is 35.2 Å². The van der Waals surface area contributed by atoms with Crippen LogP contribution in [0.2, 0.25) is 0 Å². The summed E-state index contributed by atoms with van der Waals surface area (Å²) in [5, 5.41) is 0.539. The molecule has 29 heavy (non-hydrogen) atoms. The molecule has 2 aromatic carbocycles. The Morgan fingerprint density at radius 1 is 1.03 bits per heavy atom. The lowest BCUT2D eigenvalue weighted by Crippen LogP contribution is -2.42. The van der Waals surface area contributed by atoms with Gasteiger partial charge in [0.2, 0.25) is 5.91 Å². The summed E-state index contributed by atoms with van der Waals surface area (Å²) in [6, 6.07) is 17.3. The third kappa shape index (κ3) is 4.71. The van der Waals surface area contributed by atoms with Crippen LogP contribution < -0.4 is 5.56 Å². The molecule has 0 N–H and O–H groups in total. The van der Waals surface area contributed by atoms with Gasteiger partial charge in [0.15, 0.2) is 0 Å². The number of hydrogen-bond acceptors (Lipinski definition) is 4. The number of amides is 1. The topological polar surface area (TPSA) is 64.4 Å². The number of aromatic nitrogens is 2. The lowest BCUT2D eigenvalue weighted by atomic mass is 9.98. The van der Waals surface area contributed by atoms with Crippen LogP contribution in [0.3, 0.4) is 0 Å². The molecule has 4 rings (SSSR count). The average Bonchev–Trinajstić information content (AvgIpc) is 2.77. The van der Waals surface area contributed by atoms with Crippen molar-refractivity contribution in [1.82, 2.24) is 14.5 Å². The van der Waals surface area contributed by atoms with Gasteiger partial charge in [-0.05, 0) is 36.5 Å². The summed E-state index contributed by atoms with van der Waals surface area (Å²) >= 11 is 0. The highest BCUT2D eigenvalue weighted by Crippen LogP contribution is 2.18. The molecule has 0 radical (unpaired) electrons. The Kier molecular flexibility index (Phi) is 6.00. The molecule has 6 heteroatoms. The van der Waals surface area contributed by atoms with E-state index in [4.69, 9.17) is 4.74 Å². The standard InChI is InChI=1S/C23H25N3O3/c27-22(14-26-17-24-21-9-5-4-8-20(21)23(26)28)25-12-10-19(11-13-25)16-29-15-18-6-2-1-3-7-18/h1-9,17,19H,10-16H2. The summed E-state index contributed by atoms with van der Waals surface area (Å²) in [5.41, 5.74) is 1.65. The molecule has 0 spiro atoms. The molecule has 150 valence electrons. The minimum atomic E-state index is -0.173. The van der Waals surface area contributed by atoms with Crippen molar-refractivity contribution < 1.29 is 9.53 Å². The first-order valence-corrected chi connectivity index (χ1v) is 10.0. The molecular formula is C23H25N3O3. The zero-order valence-electron chi connectivity index (χ0n) is 16.4. The first-order valence-electron chi connectivity index (χ1n) is 10.0. The van der Waals surface area contributed by atoms with Crippen molar-refractivity contribution in [2.24, 2.45) is 5.92 Å². The maximum Gasteiger partial charge on any atom is 0.261 e. The van der Waals surface area contributed by atoms with E-state index in [2.05, 4.69) is 17.1 Å². The fraction of sp³-hybridized carbons (Fsp3) is 0.348. The molecule has 1 amide bonds. The Hall–Kier alpha value is -2.99. The highest BCUT2D eigenvalue weighted by atomic mass is 16.5. The normalized spacial score (nSPS) is 15.0. The number of piperidine rings is 1. The predicted molar refractivity (Wildman–Crippen MR) is 111 cm³/mol. The molecule has 1 aliphatic rings. The molecule has 1 fully saturated rings. The van der Waals surface area contributed by atoms with Gasteiger partial charge in [-0.1, -0.05) is 42.5 Å². The molecule has 1 aromatic heterocycles. The summed E-state index contributed by atoms with van der Waals surface area (Å²) in [5.74, 6) is 0.431. The Morgan fingerprint density at radius 3 is 2.55 bits per heavy atom. The Balaban J connectivity index is 1.27. The highest BCUT2D eigenvalue weighted by molar-refractivity contribution is 5.79. The summed E-state index contributed by atoms with van der Waals surface area (Å²) < 4.78 is 7.25. The summed E-state index contributed by atoms with van der Waals surface area (Å²) in [6.45, 7) is 2.77. The quantitative estimate of drug-likeness (QED) is 0.648. The number of rotatable bonds is 6. The average molecular weight is 391 g/mol. The number of nitrogens with zero attached hydrogens (tertiary/aromatic N) is 3. The summed E-state index contributed by atoms with van der Waals surface area (Å²) in [7, 11) is 0. The van der Waals surface area contributed by atoms with Gasteiger partial charge < -0.3 is 9.64 Å². The monoisotopic (exact) mass is 391 g/mol. The second kappa shape index (κ2) is 9.01. The summed E-state index contributed by atoms with van der Waals surface area (Å²) in [4.78, 5) is 31.4. The van der Waals surface area contributed by atoms with E-state index in [-0.39, 0.29) is 18.0 Å². The van der Waals surface area contributed by atoms with Crippen LogP contribution in [0.15, 0.2) is 65.7 Å². The number of para-hydroxylation sites is 1. The summed E-state index contributed by atoms with van der Waals surface area (Å²) in [6.07, 6.45) is 3.31. The number of hydrogen-bond donors (Lipinski definition) is 0. The first kappa shape index (κ1) is 19.3. The molecule has 3 aromatic rings. The van der Waals surface area contributed by atoms with Gasteiger partial charge in [-0.2, -0.15) is 0 Å². The number of ether oxygens (including phenoxy) is 1. The van der Waals surface area contributed by atoms with E-state index >= 15 is 0 Å². The molecule has 1 saturated heterocycles. The Labute approximate surface area is 169 Å². The lowest BCUT2D eigenvalue weighted by Gasteiger charge is -2.32. The SMILES string of the molecule is O=C(Cn1cnc2ccccc2c1=O)N1CCC(COCc2ccccc2)CC1. The number of carbonyl (C=O) groups excluding carboxylic acids is 1. The smallest absolute Gasteiger partial charge is 0.261 e. The molecular weight excluding hydrogens is 366 g/mol. The number of carbonyl (C=O) groups is 1. The minimum absolute atomic E-state index is 0.0336. The van der Waals surface area contributed by atoms with E-state index in [0.717, 1.165) is 12.8 Å². The second-order valence-electron chi connectivity index (χ2n) is 7.52. The number of fused-ring (bicyclic) bond motifs is 1. The van der Waals surface area contributed by atoms with Crippen LogP contribution >= 0.6 is 0 Å². The zero-order chi connectivity index (χ0) is 20.1. The van der Waals surface area contributed by atoms with Gasteiger partial charge in [0.1, 0.15) is 6.54 Å². The van der Waals surface area contributed by atoms with Crippen LogP contribution in [-0.4, -0.2) is 40.1 Å². The van der Waals surface area contributed by atoms with Gasteiger partial charge in [-0.15, -0.1) is 0 Å². The van der Waals surface area contributed by atoms with E-state index in [0.29, 0.717) is 43.1 Å². The Bertz CT molecular complexity index is 1020. The van der Waals surface area contributed by atoms with Crippen LogP contribution in [0.4, 0.5) is 0 Å². The maximum absolute atomic E-state index is 12.7. The van der Waals surface area contributed by atoms with Crippen molar-refractivity contribution in [3.63, 3.8) is 0 Å². The number of likely N-dealkylation sites (tertiary alicyclic amines) is 1. The fourth-order valence-electron chi connectivity index (χ4n) is 3.73. The van der Waals surface area contributed by atoms with Crippen LogP contribution in [0.25, 0.3) is 10.9 Å². The predicted octanol–water partition coefficient (Wildman–Crippen LogP) is 2.85. The molecule has 0 saturated carbocycles. The number of benzene rings is 2. The van der Waals surface area contributed by atoms with Crippen molar-refractivity contribution in [3.8, 4) is 0 Å². The van der Waals surface area contributed by atoms with Gasteiger partial charge in [-0.25, -0.2) is 4.98 Å². The minimum Gasteiger partial charge on any atom is -0.376 e. The first-order chi connectivity index (χ1) is 14.2. The van der Waals surface area contributed by atoms with Crippen molar-refractivity contribution in [2.75, 3.05) is 19.7 Å². The van der Waals surface area contributed by atoms with Gasteiger partial charge in [0.25, 0.3) is 5.56 Å². The maximum atomic E-state index is 12.7. The van der Waals surface area contributed by atoms with E-state index in [1.165, 1.54) is 16.5 Å². The van der Waals surface area contributed by atoms with Crippen LogP contribution in [0, 0.1) is 5.92 Å². The van der Waals surface area contributed by atoms with Crippen molar-refractivity contribution in [2.45, 2.75) is 26.0 Å².